The summed E-state index contributed by atoms with van der Waals surface area (Å²) in [6.45, 7) is 5.55. The van der Waals surface area contributed by atoms with Crippen LogP contribution < -0.4 is 5.32 Å². The summed E-state index contributed by atoms with van der Waals surface area (Å²) in [5, 5.41) is 3.63. The number of nitrogens with one attached hydrogen (secondary N) is 1. The lowest BCUT2D eigenvalue weighted by molar-refractivity contribution is 0.273. The molecule has 0 amide bonds. The van der Waals surface area contributed by atoms with Gasteiger partial charge in [-0.1, -0.05) is 36.2 Å². The Bertz CT molecular complexity index is 431. The van der Waals surface area contributed by atoms with Crippen LogP contribution >= 0.6 is 15.9 Å². The third-order valence-corrected chi connectivity index (χ3v) is 4.65. The van der Waals surface area contributed by atoms with Gasteiger partial charge in [0.1, 0.15) is 5.82 Å². The van der Waals surface area contributed by atoms with Crippen LogP contribution in [0.2, 0.25) is 0 Å². The first-order valence-corrected chi connectivity index (χ1v) is 7.99. The molecule has 1 aromatic rings. The fourth-order valence-corrected chi connectivity index (χ4v) is 3.05. The third-order valence-electron chi connectivity index (χ3n) is 3.87. The first kappa shape index (κ1) is 15.0. The smallest absolute Gasteiger partial charge is 0.123 e. The molecule has 1 atom stereocenters. The standard InChI is InChI=1S/C16H23BrFN/c1-3-8-16(2,11-19-14-5-6-14)10-12-9-13(18)4-7-15(12)17/h4,7,9,14,19H,3,5-6,8,10-11H2,1-2H3. The monoisotopic (exact) mass is 327 g/mol. The second-order valence-corrected chi connectivity index (χ2v) is 6.98. The summed E-state index contributed by atoms with van der Waals surface area (Å²) in [6.07, 6.45) is 5.86. The molecule has 0 spiro atoms. The molecule has 0 aromatic heterocycles. The quantitative estimate of drug-likeness (QED) is 0.766. The van der Waals surface area contributed by atoms with E-state index in [0.29, 0.717) is 0 Å². The SMILES string of the molecule is CCCC(C)(CNC1CC1)Cc1cc(F)ccc1Br. The van der Waals surface area contributed by atoms with E-state index >= 15 is 0 Å². The van der Waals surface area contributed by atoms with Gasteiger partial charge in [-0.25, -0.2) is 4.39 Å². The average molecular weight is 328 g/mol. The number of hydrogen-bond acceptors (Lipinski definition) is 1. The zero-order chi connectivity index (χ0) is 13.9. The molecule has 1 saturated carbocycles. The molecule has 0 saturated heterocycles. The minimum atomic E-state index is -0.146. The van der Waals surface area contributed by atoms with E-state index in [0.717, 1.165) is 41.9 Å². The lowest BCUT2D eigenvalue weighted by atomic mass is 9.79. The van der Waals surface area contributed by atoms with Gasteiger partial charge in [0, 0.05) is 17.1 Å². The van der Waals surface area contributed by atoms with Crippen molar-refractivity contribution in [3.05, 3.63) is 34.1 Å². The Morgan fingerprint density at radius 1 is 1.42 bits per heavy atom. The summed E-state index contributed by atoms with van der Waals surface area (Å²) >= 11 is 3.54. The summed E-state index contributed by atoms with van der Waals surface area (Å²) < 4.78 is 14.4. The summed E-state index contributed by atoms with van der Waals surface area (Å²) in [5.41, 5.74) is 1.28. The molecule has 1 aromatic carbocycles. The third kappa shape index (κ3) is 4.57. The topological polar surface area (TPSA) is 12.0 Å². The van der Waals surface area contributed by atoms with Gasteiger partial charge < -0.3 is 5.32 Å². The molecule has 106 valence electrons. The van der Waals surface area contributed by atoms with Crippen LogP contribution in [0.5, 0.6) is 0 Å². The van der Waals surface area contributed by atoms with Gasteiger partial charge in [-0.3, -0.25) is 0 Å². The molecule has 0 heterocycles. The predicted molar refractivity (Wildman–Crippen MR) is 81.8 cm³/mol. The molecule has 1 unspecified atom stereocenters. The largest absolute Gasteiger partial charge is 0.313 e. The van der Waals surface area contributed by atoms with Crippen LogP contribution in [0.4, 0.5) is 4.39 Å². The lowest BCUT2D eigenvalue weighted by Crippen LogP contribution is -2.35. The van der Waals surface area contributed by atoms with Gasteiger partial charge in [0.15, 0.2) is 0 Å². The van der Waals surface area contributed by atoms with Crippen LogP contribution in [0.1, 0.15) is 45.1 Å². The van der Waals surface area contributed by atoms with Gasteiger partial charge >= 0.3 is 0 Å². The zero-order valence-electron chi connectivity index (χ0n) is 11.8. The van der Waals surface area contributed by atoms with Crippen molar-refractivity contribution >= 4 is 15.9 Å². The summed E-state index contributed by atoms with van der Waals surface area (Å²) in [5.74, 6) is -0.146. The Kier molecular flexibility index (Phi) is 5.02. The van der Waals surface area contributed by atoms with E-state index in [2.05, 4.69) is 35.1 Å². The first-order valence-electron chi connectivity index (χ1n) is 7.20. The lowest BCUT2D eigenvalue weighted by Gasteiger charge is -2.30. The van der Waals surface area contributed by atoms with E-state index in [-0.39, 0.29) is 11.2 Å². The maximum Gasteiger partial charge on any atom is 0.123 e. The fourth-order valence-electron chi connectivity index (χ4n) is 2.66. The van der Waals surface area contributed by atoms with E-state index in [9.17, 15) is 4.39 Å². The number of rotatable bonds is 7. The van der Waals surface area contributed by atoms with Crippen LogP contribution in [-0.2, 0) is 6.42 Å². The molecule has 3 heteroatoms. The molecule has 2 rings (SSSR count). The Morgan fingerprint density at radius 2 is 2.16 bits per heavy atom. The Labute approximate surface area is 124 Å². The Hall–Kier alpha value is -0.410. The van der Waals surface area contributed by atoms with E-state index in [1.807, 2.05) is 6.07 Å². The van der Waals surface area contributed by atoms with Crippen molar-refractivity contribution in [1.29, 1.82) is 0 Å². The summed E-state index contributed by atoms with van der Waals surface area (Å²) in [4.78, 5) is 0. The first-order chi connectivity index (χ1) is 9.02. The van der Waals surface area contributed by atoms with Crippen LogP contribution in [-0.4, -0.2) is 12.6 Å². The Morgan fingerprint density at radius 3 is 2.79 bits per heavy atom. The van der Waals surface area contributed by atoms with Gasteiger partial charge in [0.05, 0.1) is 0 Å². The minimum Gasteiger partial charge on any atom is -0.313 e. The second kappa shape index (κ2) is 6.36. The number of halogens is 2. The molecular weight excluding hydrogens is 305 g/mol. The molecular formula is C16H23BrFN. The molecule has 1 aliphatic rings. The van der Waals surface area contributed by atoms with Crippen molar-refractivity contribution in [2.45, 2.75) is 52.0 Å². The van der Waals surface area contributed by atoms with Crippen LogP contribution in [0, 0.1) is 11.2 Å². The van der Waals surface area contributed by atoms with E-state index in [4.69, 9.17) is 0 Å². The van der Waals surface area contributed by atoms with Crippen molar-refractivity contribution in [2.24, 2.45) is 5.41 Å². The average Bonchev–Trinajstić information content (AvgIpc) is 3.16. The van der Waals surface area contributed by atoms with Crippen molar-refractivity contribution in [1.82, 2.24) is 5.32 Å². The minimum absolute atomic E-state index is 0.146. The normalized spacial score (nSPS) is 18.3. The zero-order valence-corrected chi connectivity index (χ0v) is 13.4. The highest BCUT2D eigenvalue weighted by molar-refractivity contribution is 9.10. The maximum absolute atomic E-state index is 13.4. The van der Waals surface area contributed by atoms with Gasteiger partial charge in [0.25, 0.3) is 0 Å². The van der Waals surface area contributed by atoms with E-state index in [1.165, 1.54) is 18.9 Å². The Balaban J connectivity index is 2.06. The van der Waals surface area contributed by atoms with E-state index < -0.39 is 0 Å². The summed E-state index contributed by atoms with van der Waals surface area (Å²) in [6, 6.07) is 5.71. The molecule has 0 aliphatic heterocycles. The van der Waals surface area contributed by atoms with Crippen molar-refractivity contribution in [3.63, 3.8) is 0 Å². The highest BCUT2D eigenvalue weighted by Gasteiger charge is 2.28. The van der Waals surface area contributed by atoms with Crippen LogP contribution in [0.25, 0.3) is 0 Å². The highest BCUT2D eigenvalue weighted by atomic mass is 79.9. The van der Waals surface area contributed by atoms with Gasteiger partial charge in [-0.15, -0.1) is 0 Å². The van der Waals surface area contributed by atoms with Crippen molar-refractivity contribution in [3.8, 4) is 0 Å². The molecule has 0 radical (unpaired) electrons. The number of hydrogen-bond donors (Lipinski definition) is 1. The van der Waals surface area contributed by atoms with E-state index in [1.54, 1.807) is 6.07 Å². The summed E-state index contributed by atoms with van der Waals surface area (Å²) in [7, 11) is 0. The molecule has 1 fully saturated rings. The fraction of sp³-hybridized carbons (Fsp3) is 0.625. The molecule has 1 nitrogen and oxygen atoms in total. The van der Waals surface area contributed by atoms with Gasteiger partial charge in [-0.2, -0.15) is 0 Å². The molecule has 1 N–H and O–H groups in total. The van der Waals surface area contributed by atoms with Crippen LogP contribution in [0.15, 0.2) is 22.7 Å². The van der Waals surface area contributed by atoms with Crippen molar-refractivity contribution < 1.29 is 4.39 Å². The highest BCUT2D eigenvalue weighted by Crippen LogP contribution is 2.32. The van der Waals surface area contributed by atoms with Crippen LogP contribution in [0.3, 0.4) is 0 Å². The molecule has 1 aliphatic carbocycles. The molecule has 0 bridgehead atoms. The number of benzene rings is 1. The van der Waals surface area contributed by atoms with Gasteiger partial charge in [-0.05, 0) is 54.9 Å². The predicted octanol–water partition coefficient (Wildman–Crippen LogP) is 4.69. The van der Waals surface area contributed by atoms with Crippen molar-refractivity contribution in [2.75, 3.05) is 6.54 Å². The van der Waals surface area contributed by atoms with Gasteiger partial charge in [0.2, 0.25) is 0 Å². The maximum atomic E-state index is 13.4. The molecule has 19 heavy (non-hydrogen) atoms. The second-order valence-electron chi connectivity index (χ2n) is 6.13.